The first kappa shape index (κ1) is 17.5. The fourth-order valence-electron chi connectivity index (χ4n) is 2.65. The van der Waals surface area contributed by atoms with E-state index >= 15 is 0 Å². The van der Waals surface area contributed by atoms with Crippen LogP contribution in [-0.2, 0) is 10.9 Å². The van der Waals surface area contributed by atoms with Gasteiger partial charge in [-0.25, -0.2) is 0 Å². The van der Waals surface area contributed by atoms with Crippen molar-refractivity contribution in [1.29, 1.82) is 0 Å². The molecule has 1 aliphatic rings. The van der Waals surface area contributed by atoms with Crippen LogP contribution in [0.3, 0.4) is 0 Å². The average molecular weight is 334 g/mol. The lowest BCUT2D eigenvalue weighted by Gasteiger charge is -2.35. The Bertz CT molecular complexity index is 565. The number of ether oxygens (including phenoxy) is 1. The van der Waals surface area contributed by atoms with E-state index in [1.54, 1.807) is 0 Å². The van der Waals surface area contributed by atoms with E-state index in [9.17, 15) is 23.3 Å². The Kier molecular flexibility index (Phi) is 5.42. The van der Waals surface area contributed by atoms with Crippen molar-refractivity contribution in [1.82, 2.24) is 0 Å². The molecule has 0 saturated carbocycles. The number of hydrogen-bond acceptors (Lipinski definition) is 5. The normalized spacial score (nSPS) is 19.0. The van der Waals surface area contributed by atoms with Crippen molar-refractivity contribution >= 4 is 11.4 Å². The van der Waals surface area contributed by atoms with Gasteiger partial charge in [-0.2, -0.15) is 13.2 Å². The van der Waals surface area contributed by atoms with Crippen LogP contribution in [0.5, 0.6) is 0 Å². The quantitative estimate of drug-likeness (QED) is 0.662. The number of aliphatic hydroxyl groups excluding tert-OH is 1. The minimum absolute atomic E-state index is 0.0830. The molecule has 0 radical (unpaired) electrons. The summed E-state index contributed by atoms with van der Waals surface area (Å²) in [4.78, 5) is 11.4. The molecule has 6 nitrogen and oxygen atoms in total. The van der Waals surface area contributed by atoms with E-state index in [0.29, 0.717) is 25.5 Å². The van der Waals surface area contributed by atoms with E-state index in [1.165, 1.54) is 4.90 Å². The number of benzene rings is 1. The van der Waals surface area contributed by atoms with Crippen LogP contribution < -0.4 is 4.90 Å². The number of nitro groups is 1. The number of anilines is 1. The van der Waals surface area contributed by atoms with Gasteiger partial charge in [0.15, 0.2) is 0 Å². The summed E-state index contributed by atoms with van der Waals surface area (Å²) in [5, 5.41) is 19.5. The van der Waals surface area contributed by atoms with Gasteiger partial charge < -0.3 is 14.7 Å². The van der Waals surface area contributed by atoms with Gasteiger partial charge in [-0.3, -0.25) is 10.1 Å². The second kappa shape index (κ2) is 7.14. The number of alkyl halides is 3. The lowest BCUT2D eigenvalue weighted by molar-refractivity contribution is -0.385. The number of nitrogens with zero attached hydrogens (tertiary/aromatic N) is 2. The van der Waals surface area contributed by atoms with Crippen LogP contribution in [0.4, 0.5) is 24.5 Å². The SMILES string of the molecule is O=[N+]([O-])c1ccc(N2CCCC(OCCO)C2)c(C(F)(F)F)c1. The third-order valence-electron chi connectivity index (χ3n) is 3.66. The number of nitro benzene ring substituents is 1. The van der Waals surface area contributed by atoms with Crippen molar-refractivity contribution in [2.75, 3.05) is 31.2 Å². The van der Waals surface area contributed by atoms with Crippen molar-refractivity contribution in [3.05, 3.63) is 33.9 Å². The fraction of sp³-hybridized carbons (Fsp3) is 0.571. The highest BCUT2D eigenvalue weighted by Gasteiger charge is 2.37. The molecule has 0 aliphatic carbocycles. The number of hydrogen-bond donors (Lipinski definition) is 1. The van der Waals surface area contributed by atoms with Crippen LogP contribution in [-0.4, -0.2) is 42.4 Å². The number of aliphatic hydroxyl groups is 1. The smallest absolute Gasteiger partial charge is 0.394 e. The van der Waals surface area contributed by atoms with Gasteiger partial charge in [-0.1, -0.05) is 0 Å². The monoisotopic (exact) mass is 334 g/mol. The molecule has 1 atom stereocenters. The fourth-order valence-corrected chi connectivity index (χ4v) is 2.65. The van der Waals surface area contributed by atoms with Gasteiger partial charge in [0.1, 0.15) is 0 Å². The summed E-state index contributed by atoms with van der Waals surface area (Å²) in [6, 6.07) is 2.77. The molecule has 1 fully saturated rings. The lowest BCUT2D eigenvalue weighted by Crippen LogP contribution is -2.41. The first-order valence-electron chi connectivity index (χ1n) is 7.16. The zero-order valence-electron chi connectivity index (χ0n) is 12.3. The summed E-state index contributed by atoms with van der Waals surface area (Å²) in [7, 11) is 0. The summed E-state index contributed by atoms with van der Waals surface area (Å²) in [6.07, 6.45) is -3.61. The Balaban J connectivity index is 2.28. The van der Waals surface area contributed by atoms with Gasteiger partial charge in [0.05, 0.1) is 29.8 Å². The molecule has 1 N–H and O–H groups in total. The topological polar surface area (TPSA) is 75.8 Å². The van der Waals surface area contributed by atoms with Crippen molar-refractivity contribution < 1.29 is 27.9 Å². The Morgan fingerprint density at radius 1 is 1.43 bits per heavy atom. The number of halogens is 3. The van der Waals surface area contributed by atoms with Crippen molar-refractivity contribution in [2.45, 2.75) is 25.1 Å². The number of rotatable bonds is 5. The third kappa shape index (κ3) is 4.32. The van der Waals surface area contributed by atoms with E-state index in [0.717, 1.165) is 12.1 Å². The van der Waals surface area contributed by atoms with E-state index < -0.39 is 22.4 Å². The second-order valence-electron chi connectivity index (χ2n) is 5.26. The van der Waals surface area contributed by atoms with Gasteiger partial charge >= 0.3 is 6.18 Å². The Hall–Kier alpha value is -1.87. The molecule has 128 valence electrons. The molecule has 0 amide bonds. The maximum absolute atomic E-state index is 13.2. The molecule has 0 bridgehead atoms. The third-order valence-corrected chi connectivity index (χ3v) is 3.66. The van der Waals surface area contributed by atoms with Crippen LogP contribution in [0.2, 0.25) is 0 Å². The highest BCUT2D eigenvalue weighted by molar-refractivity contribution is 5.59. The van der Waals surface area contributed by atoms with E-state index in [4.69, 9.17) is 9.84 Å². The largest absolute Gasteiger partial charge is 0.418 e. The standard InChI is InChI=1S/C14H17F3N2O4/c15-14(16,17)12-8-10(19(21)22)3-4-13(12)18-5-1-2-11(9-18)23-7-6-20/h3-4,8,11,20H,1-2,5-7,9H2. The first-order chi connectivity index (χ1) is 10.8. The second-order valence-corrected chi connectivity index (χ2v) is 5.26. The maximum Gasteiger partial charge on any atom is 0.418 e. The Morgan fingerprint density at radius 3 is 2.78 bits per heavy atom. The zero-order chi connectivity index (χ0) is 17.0. The zero-order valence-corrected chi connectivity index (χ0v) is 12.3. The van der Waals surface area contributed by atoms with E-state index in [1.807, 2.05) is 0 Å². The average Bonchev–Trinajstić information content (AvgIpc) is 2.51. The summed E-state index contributed by atoms with van der Waals surface area (Å²) in [5.41, 5.74) is -1.69. The molecule has 0 spiro atoms. The van der Waals surface area contributed by atoms with Crippen LogP contribution in [0.25, 0.3) is 0 Å². The highest BCUT2D eigenvalue weighted by Crippen LogP contribution is 2.39. The minimum atomic E-state index is -4.68. The molecule has 2 rings (SSSR count). The van der Waals surface area contributed by atoms with Crippen molar-refractivity contribution in [3.8, 4) is 0 Å². The van der Waals surface area contributed by atoms with Crippen LogP contribution in [0, 0.1) is 10.1 Å². The molecule has 23 heavy (non-hydrogen) atoms. The molecule has 1 unspecified atom stereocenters. The molecule has 1 aromatic carbocycles. The predicted molar refractivity (Wildman–Crippen MR) is 76.4 cm³/mol. The van der Waals surface area contributed by atoms with Crippen LogP contribution >= 0.6 is 0 Å². The summed E-state index contributed by atoms with van der Waals surface area (Å²) in [5.74, 6) is 0. The molecule has 1 aliphatic heterocycles. The van der Waals surface area contributed by atoms with E-state index in [-0.39, 0.29) is 31.5 Å². The maximum atomic E-state index is 13.2. The molecule has 9 heteroatoms. The molecular weight excluding hydrogens is 317 g/mol. The lowest BCUT2D eigenvalue weighted by atomic mass is 10.0. The summed E-state index contributed by atoms with van der Waals surface area (Å²) < 4.78 is 45.1. The molecule has 0 aromatic heterocycles. The Morgan fingerprint density at radius 2 is 2.17 bits per heavy atom. The molecule has 1 heterocycles. The molecule has 1 saturated heterocycles. The number of non-ortho nitro benzene ring substituents is 1. The Labute approximate surface area is 130 Å². The summed E-state index contributed by atoms with van der Waals surface area (Å²) in [6.45, 7) is 0.646. The van der Waals surface area contributed by atoms with Crippen LogP contribution in [0.15, 0.2) is 18.2 Å². The van der Waals surface area contributed by atoms with Gasteiger partial charge in [0.25, 0.3) is 5.69 Å². The van der Waals surface area contributed by atoms with Crippen molar-refractivity contribution in [3.63, 3.8) is 0 Å². The highest BCUT2D eigenvalue weighted by atomic mass is 19.4. The predicted octanol–water partition coefficient (Wildman–Crippen LogP) is 2.59. The van der Waals surface area contributed by atoms with Crippen molar-refractivity contribution in [2.24, 2.45) is 0 Å². The van der Waals surface area contributed by atoms with Gasteiger partial charge in [0.2, 0.25) is 0 Å². The minimum Gasteiger partial charge on any atom is -0.394 e. The molecule has 1 aromatic rings. The van der Waals surface area contributed by atoms with E-state index in [2.05, 4.69) is 0 Å². The molecular formula is C14H17F3N2O4. The van der Waals surface area contributed by atoms with Crippen LogP contribution in [0.1, 0.15) is 18.4 Å². The van der Waals surface area contributed by atoms with Gasteiger partial charge in [-0.15, -0.1) is 0 Å². The summed E-state index contributed by atoms with van der Waals surface area (Å²) >= 11 is 0. The first-order valence-corrected chi connectivity index (χ1v) is 7.16. The van der Waals surface area contributed by atoms with Gasteiger partial charge in [0, 0.05) is 30.9 Å². The number of piperidine rings is 1. The van der Waals surface area contributed by atoms with Gasteiger partial charge in [-0.05, 0) is 18.9 Å².